The predicted octanol–water partition coefficient (Wildman–Crippen LogP) is 6.71. The molecule has 0 fully saturated rings. The van der Waals surface area contributed by atoms with Crippen molar-refractivity contribution in [2.45, 2.75) is 84.1 Å². The van der Waals surface area contributed by atoms with Crippen LogP contribution in [0.15, 0.2) is 0 Å². The Morgan fingerprint density at radius 2 is 1.52 bits per heavy atom. The topological polar surface area (TPSA) is 0 Å². The van der Waals surface area contributed by atoms with Gasteiger partial charge in [-0.3, -0.25) is 0 Å². The van der Waals surface area contributed by atoms with Crippen LogP contribution in [0.1, 0.15) is 58.8 Å². The summed E-state index contributed by atoms with van der Waals surface area (Å²) in [5.41, 5.74) is 0. The van der Waals surface area contributed by atoms with Crippen molar-refractivity contribution in [2.75, 3.05) is 0 Å². The van der Waals surface area contributed by atoms with Gasteiger partial charge in [0.15, 0.2) is 0 Å². The molecule has 0 heterocycles. The van der Waals surface area contributed by atoms with Crippen LogP contribution in [0, 0.1) is 24.7 Å². The van der Waals surface area contributed by atoms with E-state index < -0.39 is 12.1 Å². The third kappa shape index (κ3) is 16.7. The Morgan fingerprint density at radius 1 is 1.04 bits per heavy atom. The van der Waals surface area contributed by atoms with Gasteiger partial charge >= 0.3 is 6.18 Å². The van der Waals surface area contributed by atoms with Crippen molar-refractivity contribution < 1.29 is 45.9 Å². The van der Waals surface area contributed by atoms with Gasteiger partial charge in [0.2, 0.25) is 0 Å². The zero-order valence-corrected chi connectivity index (χ0v) is 25.7. The Kier molecular flexibility index (Phi) is 17.6. The Labute approximate surface area is 162 Å². The summed E-state index contributed by atoms with van der Waals surface area (Å²) in [5.74, 6) is 0.932. The van der Waals surface area contributed by atoms with E-state index in [-0.39, 0.29) is 47.9 Å². The Hall–Kier alpha value is 0.111. The minimum Gasteiger partial charge on any atom is -0.332 e. The summed E-state index contributed by atoms with van der Waals surface area (Å²) in [6.07, 6.45) is 2.18. The molecule has 0 spiro atoms. The van der Waals surface area contributed by atoms with E-state index in [4.69, 9.17) is 0 Å². The van der Waals surface area contributed by atoms with Gasteiger partial charge in [-0.2, -0.15) is 32.6 Å². The van der Waals surface area contributed by atoms with E-state index in [9.17, 15) is 13.2 Å². The molecule has 0 saturated carbocycles. The maximum Gasteiger partial charge on any atom is 0.365 e. The first kappa shape index (κ1) is 27.9. The number of rotatable bonds is 11. The van der Waals surface area contributed by atoms with Gasteiger partial charge in [0, 0.05) is 41.5 Å². The van der Waals surface area contributed by atoms with E-state index in [0.717, 1.165) is 19.3 Å². The summed E-state index contributed by atoms with van der Waals surface area (Å²) in [6, 6.07) is 1.30. The van der Waals surface area contributed by atoms with Crippen molar-refractivity contribution in [1.82, 2.24) is 0 Å². The van der Waals surface area contributed by atoms with Crippen LogP contribution >= 0.6 is 0 Å². The van der Waals surface area contributed by atoms with E-state index >= 15 is 0 Å². The Bertz CT molecular complexity index is 263. The molecule has 0 bridgehead atoms. The molecule has 0 aromatic carbocycles. The van der Waals surface area contributed by atoms with Gasteiger partial charge in [-0.25, -0.2) is 0 Å². The molecule has 0 nitrogen and oxygen atoms in total. The molecular formula is C17H32F3RfSiY-2. The molecule has 0 amide bonds. The first-order valence-corrected chi connectivity index (χ1v) is 10.8. The predicted molar refractivity (Wildman–Crippen MR) is 87.6 cm³/mol. The molecule has 0 saturated heterocycles. The molecule has 2 atom stereocenters. The van der Waals surface area contributed by atoms with Gasteiger partial charge in [0.05, 0.1) is 0 Å². The molecule has 6 heteroatoms. The van der Waals surface area contributed by atoms with Crippen molar-refractivity contribution in [2.24, 2.45) is 11.8 Å². The van der Waals surface area contributed by atoms with Crippen LogP contribution in [-0.4, -0.2) is 15.0 Å². The van der Waals surface area contributed by atoms with Gasteiger partial charge in [-0.1, -0.05) is 70.4 Å². The van der Waals surface area contributed by atoms with Gasteiger partial charge in [-0.05, 0) is 0 Å². The first-order valence-electron chi connectivity index (χ1n) is 8.13. The monoisotopic (exact) mass is 677 g/mol. The van der Waals surface area contributed by atoms with Crippen molar-refractivity contribution in [3.63, 3.8) is 0 Å². The smallest absolute Gasteiger partial charge is 0.332 e. The van der Waals surface area contributed by atoms with Gasteiger partial charge in [0.1, 0.15) is 0 Å². The van der Waals surface area contributed by atoms with Crippen molar-refractivity contribution in [3.05, 3.63) is 12.8 Å². The molecule has 0 rings (SSSR count). The minimum atomic E-state index is -4.12. The standard InChI is InChI=1S/C17H32F3Si.Rf.Y/c1-14(12-15(2)13-21(4)5)10-8-6-7-9-11-16(3)17(18,19)20;;/h14,16H,3,6-13H2,1-2,4-5H3;;/q-2;;. The first-order chi connectivity index (χ1) is 9.62. The van der Waals surface area contributed by atoms with Gasteiger partial charge in [-0.15, -0.1) is 0 Å². The summed E-state index contributed by atoms with van der Waals surface area (Å²) in [7, 11) is -0.166. The molecule has 0 aromatic heterocycles. The summed E-state index contributed by atoms with van der Waals surface area (Å²) in [6.45, 7) is 12.4. The van der Waals surface area contributed by atoms with Crippen LogP contribution in [0.4, 0.5) is 13.2 Å². The fourth-order valence-corrected chi connectivity index (χ4v) is 4.12. The molecule has 0 aliphatic rings. The van der Waals surface area contributed by atoms with Crippen LogP contribution in [-0.2, 0) is 32.7 Å². The fourth-order valence-electron chi connectivity index (χ4n) is 2.77. The maximum atomic E-state index is 12.3. The number of hydrogen-bond acceptors (Lipinski definition) is 0. The fraction of sp³-hybridized carbons (Fsp3) is 0.882. The van der Waals surface area contributed by atoms with Crippen LogP contribution in [0.2, 0.25) is 19.1 Å². The van der Waals surface area contributed by atoms with E-state index in [0.29, 0.717) is 12.3 Å². The normalized spacial score (nSPS) is 14.3. The van der Waals surface area contributed by atoms with Gasteiger partial charge in [0.25, 0.3) is 0 Å². The zero-order chi connectivity index (χ0) is 16.5. The van der Waals surface area contributed by atoms with Crippen molar-refractivity contribution >= 4 is 8.80 Å². The Morgan fingerprint density at radius 3 is 1.96 bits per heavy atom. The number of unbranched alkanes of at least 4 members (excludes halogenated alkanes) is 3. The second kappa shape index (κ2) is 14.5. The average Bonchev–Trinajstić information content (AvgIpc) is 2.30. The third-order valence-corrected chi connectivity index (χ3v) is 5.13. The van der Waals surface area contributed by atoms with Crippen molar-refractivity contribution in [1.29, 1.82) is 0 Å². The summed E-state index contributed by atoms with van der Waals surface area (Å²) in [5, 5.41) is 0. The average molecular weight is 677 g/mol. The zero-order valence-electron chi connectivity index (χ0n) is 15.4. The molecule has 23 heavy (non-hydrogen) atoms. The van der Waals surface area contributed by atoms with Crippen LogP contribution < -0.4 is 0 Å². The summed E-state index contributed by atoms with van der Waals surface area (Å²) < 4.78 is 36.8. The van der Waals surface area contributed by atoms with Crippen LogP contribution in [0.25, 0.3) is 0 Å². The Balaban J connectivity index is -0.00000200. The van der Waals surface area contributed by atoms with Crippen LogP contribution in [0.3, 0.4) is 0 Å². The number of alkyl halides is 3. The van der Waals surface area contributed by atoms with E-state index in [1.54, 1.807) is 5.92 Å². The second-order valence-corrected chi connectivity index (χ2v) is 9.65. The second-order valence-electron chi connectivity index (χ2n) is 6.88. The quantitative estimate of drug-likeness (QED) is 0.130. The van der Waals surface area contributed by atoms with Gasteiger partial charge < -0.3 is 12.8 Å². The van der Waals surface area contributed by atoms with Crippen molar-refractivity contribution in [3.8, 4) is 0 Å². The SMILES string of the molecule is [CH2-]C(CCCCCCC(C)C[C-](C)C[Si](C)C)C(F)(F)F.[Rf].[Y]. The number of hydrogen-bond donors (Lipinski definition) is 0. The molecule has 0 aliphatic heterocycles. The third-order valence-electron chi connectivity index (χ3n) is 3.81. The minimum absolute atomic E-state index is 0. The van der Waals surface area contributed by atoms with E-state index in [1.165, 1.54) is 18.9 Å². The molecule has 0 aliphatic carbocycles. The molecule has 0 aromatic rings. The maximum absolute atomic E-state index is 12.3. The molecule has 2 unspecified atom stereocenters. The molecule has 2 radical (unpaired) electrons. The van der Waals surface area contributed by atoms with Crippen LogP contribution in [0.5, 0.6) is 0 Å². The summed E-state index contributed by atoms with van der Waals surface area (Å²) >= 11 is 0. The van der Waals surface area contributed by atoms with E-state index in [2.05, 4.69) is 33.9 Å². The largest absolute Gasteiger partial charge is 0.365 e. The molecule has 132 valence electrons. The number of halogens is 3. The molecular weight excluding hydrogens is 645 g/mol. The summed E-state index contributed by atoms with van der Waals surface area (Å²) in [4.78, 5) is 0. The molecule has 0 N–H and O–H groups in total. The van der Waals surface area contributed by atoms with E-state index in [1.807, 2.05) is 0 Å².